The SMILES string of the molecule is CC(C)(C)c1cc(Oc2ccc3c4ccccc4n(-c4cc(C(C)(C)C)ccn4)c3c2)cc(-n2[c-][n+](-c3c(C(C)(C)C)cccc3C(C)(C)C)c3ccccc32)c1. The summed E-state index contributed by atoms with van der Waals surface area (Å²) in [5, 5.41) is 2.35. The number of benzene rings is 5. The van der Waals surface area contributed by atoms with Gasteiger partial charge in [0.05, 0.1) is 33.4 Å². The van der Waals surface area contributed by atoms with E-state index < -0.39 is 0 Å². The third kappa shape index (κ3) is 7.03. The largest absolute Gasteiger partial charge is 0.458 e. The lowest BCUT2D eigenvalue weighted by molar-refractivity contribution is -0.574. The first-order valence-electron chi connectivity index (χ1n) is 20.2. The summed E-state index contributed by atoms with van der Waals surface area (Å²) < 4.78 is 13.7. The summed E-state index contributed by atoms with van der Waals surface area (Å²) >= 11 is 0. The van der Waals surface area contributed by atoms with Crippen LogP contribution in [0.4, 0.5) is 0 Å². The molecular weight excluding hydrogens is 697 g/mol. The van der Waals surface area contributed by atoms with Gasteiger partial charge in [0.1, 0.15) is 17.3 Å². The number of nitrogens with zero attached hydrogens (tertiary/aromatic N) is 4. The summed E-state index contributed by atoms with van der Waals surface area (Å²) in [6.45, 7) is 27.3. The minimum Gasteiger partial charge on any atom is -0.458 e. The molecule has 5 aromatic carbocycles. The third-order valence-corrected chi connectivity index (χ3v) is 11.2. The van der Waals surface area contributed by atoms with Gasteiger partial charge in [0, 0.05) is 23.0 Å². The Kier molecular flexibility index (Phi) is 9.03. The molecule has 0 aliphatic heterocycles. The molecular formula is C52H56N4O. The summed E-state index contributed by atoms with van der Waals surface area (Å²) in [5.74, 6) is 2.44. The molecule has 57 heavy (non-hydrogen) atoms. The molecule has 8 aromatic rings. The summed E-state index contributed by atoms with van der Waals surface area (Å²) in [5.41, 5.74) is 11.2. The Bertz CT molecular complexity index is 2770. The quantitative estimate of drug-likeness (QED) is 0.130. The molecule has 0 saturated carbocycles. The van der Waals surface area contributed by atoms with Gasteiger partial charge in [-0.2, -0.15) is 0 Å². The van der Waals surface area contributed by atoms with Crippen molar-refractivity contribution in [2.75, 3.05) is 0 Å². The molecule has 5 nitrogen and oxygen atoms in total. The van der Waals surface area contributed by atoms with Crippen molar-refractivity contribution in [2.24, 2.45) is 0 Å². The Hall–Kier alpha value is -5.68. The average molecular weight is 753 g/mol. The predicted octanol–water partition coefficient (Wildman–Crippen LogP) is 13.2. The number of hydrogen-bond acceptors (Lipinski definition) is 2. The van der Waals surface area contributed by atoms with Crippen LogP contribution in [-0.2, 0) is 21.7 Å². The van der Waals surface area contributed by atoms with Gasteiger partial charge in [-0.15, -0.1) is 0 Å². The second kappa shape index (κ2) is 13.5. The van der Waals surface area contributed by atoms with Crippen LogP contribution in [-0.4, -0.2) is 14.1 Å². The maximum absolute atomic E-state index is 6.91. The fourth-order valence-electron chi connectivity index (χ4n) is 8.02. The van der Waals surface area contributed by atoms with Gasteiger partial charge in [0.25, 0.3) is 6.33 Å². The molecule has 0 atom stereocenters. The normalized spacial score (nSPS) is 12.9. The fraction of sp³-hybridized carbons (Fsp3) is 0.308. The first kappa shape index (κ1) is 38.2. The highest BCUT2D eigenvalue weighted by Crippen LogP contribution is 2.39. The molecule has 0 amide bonds. The van der Waals surface area contributed by atoms with Crippen molar-refractivity contribution in [1.29, 1.82) is 0 Å². The molecule has 0 saturated heterocycles. The van der Waals surface area contributed by atoms with Crippen LogP contribution >= 0.6 is 0 Å². The van der Waals surface area contributed by atoms with Gasteiger partial charge in [-0.3, -0.25) is 13.7 Å². The van der Waals surface area contributed by atoms with E-state index >= 15 is 0 Å². The number of aromatic nitrogens is 4. The Labute approximate surface area is 338 Å². The number of imidazole rings is 1. The molecule has 3 heterocycles. The minimum atomic E-state index is -0.134. The zero-order chi connectivity index (χ0) is 40.7. The molecule has 3 aromatic heterocycles. The maximum Gasteiger partial charge on any atom is 0.269 e. The van der Waals surface area contributed by atoms with Crippen LogP contribution in [0.2, 0.25) is 0 Å². The van der Waals surface area contributed by atoms with Gasteiger partial charge in [-0.1, -0.05) is 144 Å². The van der Waals surface area contributed by atoms with Crippen LogP contribution < -0.4 is 9.30 Å². The number of pyridine rings is 1. The second-order valence-corrected chi connectivity index (χ2v) is 19.7. The highest BCUT2D eigenvalue weighted by molar-refractivity contribution is 6.09. The summed E-state index contributed by atoms with van der Waals surface area (Å²) in [7, 11) is 0. The topological polar surface area (TPSA) is 35.9 Å². The van der Waals surface area contributed by atoms with E-state index in [2.05, 4.69) is 218 Å². The molecule has 0 spiro atoms. The number of fused-ring (bicyclic) bond motifs is 4. The van der Waals surface area contributed by atoms with E-state index in [4.69, 9.17) is 9.72 Å². The second-order valence-electron chi connectivity index (χ2n) is 19.7. The van der Waals surface area contributed by atoms with Crippen molar-refractivity contribution in [2.45, 2.75) is 105 Å². The van der Waals surface area contributed by atoms with Crippen LogP contribution in [0.5, 0.6) is 11.5 Å². The predicted molar refractivity (Wildman–Crippen MR) is 237 cm³/mol. The zero-order valence-electron chi connectivity index (χ0n) is 35.7. The molecule has 0 N–H and O–H groups in total. The molecule has 290 valence electrons. The van der Waals surface area contributed by atoms with Crippen molar-refractivity contribution >= 4 is 32.8 Å². The van der Waals surface area contributed by atoms with Crippen LogP contribution in [0.1, 0.15) is 105 Å². The van der Waals surface area contributed by atoms with Crippen LogP contribution in [0.25, 0.3) is 50.0 Å². The standard InChI is InChI=1S/C52H56N4O/c1-49(2,3)34-26-27-53-47(30-34)56-43-21-14-13-18-39(43)40-25-24-37(32-46(40)56)57-38-29-35(50(4,5)6)28-36(31-38)54-33-55(45-23-16-15-22-44(45)54)48-41(51(7,8)9)19-17-20-42(48)52(10,11)12/h13-32H,1-12H3. The Morgan fingerprint density at radius 3 is 1.82 bits per heavy atom. The highest BCUT2D eigenvalue weighted by Gasteiger charge is 2.29. The molecule has 0 aliphatic rings. The van der Waals surface area contributed by atoms with Gasteiger partial charge < -0.3 is 4.74 Å². The van der Waals surface area contributed by atoms with Crippen molar-refractivity contribution in [3.8, 4) is 28.7 Å². The molecule has 0 bridgehead atoms. The molecule has 0 aliphatic carbocycles. The van der Waals surface area contributed by atoms with Crippen molar-refractivity contribution < 1.29 is 9.30 Å². The molecule has 0 unspecified atom stereocenters. The smallest absolute Gasteiger partial charge is 0.269 e. The number of ether oxygens (including phenoxy) is 1. The monoisotopic (exact) mass is 752 g/mol. The van der Waals surface area contributed by atoms with E-state index in [9.17, 15) is 0 Å². The van der Waals surface area contributed by atoms with Gasteiger partial charge in [-0.25, -0.2) is 4.98 Å². The number of para-hydroxylation sites is 4. The van der Waals surface area contributed by atoms with E-state index in [1.807, 2.05) is 6.20 Å². The van der Waals surface area contributed by atoms with Gasteiger partial charge in [-0.05, 0) is 92.4 Å². The van der Waals surface area contributed by atoms with E-state index in [0.717, 1.165) is 50.5 Å². The molecule has 5 heteroatoms. The maximum atomic E-state index is 6.91. The molecule has 8 rings (SSSR count). The van der Waals surface area contributed by atoms with E-state index in [-0.39, 0.29) is 21.7 Å². The molecule has 0 radical (unpaired) electrons. The summed E-state index contributed by atoms with van der Waals surface area (Å²) in [6.07, 6.45) is 5.79. The first-order chi connectivity index (χ1) is 26.8. The third-order valence-electron chi connectivity index (χ3n) is 11.2. The van der Waals surface area contributed by atoms with E-state index in [0.29, 0.717) is 0 Å². The van der Waals surface area contributed by atoms with Crippen LogP contribution in [0, 0.1) is 6.33 Å². The lowest BCUT2D eigenvalue weighted by atomic mass is 9.78. The van der Waals surface area contributed by atoms with E-state index in [1.54, 1.807) is 0 Å². The summed E-state index contributed by atoms with van der Waals surface area (Å²) in [4.78, 5) is 4.89. The lowest BCUT2D eigenvalue weighted by Gasteiger charge is -2.30. The minimum absolute atomic E-state index is 0.00685. The summed E-state index contributed by atoms with van der Waals surface area (Å²) in [6, 6.07) is 41.3. The number of rotatable bonds is 5. The Balaban J connectivity index is 1.30. The highest BCUT2D eigenvalue weighted by atomic mass is 16.5. The van der Waals surface area contributed by atoms with Gasteiger partial charge >= 0.3 is 0 Å². The van der Waals surface area contributed by atoms with Gasteiger partial charge in [0.2, 0.25) is 0 Å². The Morgan fingerprint density at radius 2 is 1.16 bits per heavy atom. The fourth-order valence-corrected chi connectivity index (χ4v) is 8.02. The van der Waals surface area contributed by atoms with Crippen LogP contribution in [0.15, 0.2) is 121 Å². The van der Waals surface area contributed by atoms with Crippen molar-refractivity contribution in [3.05, 3.63) is 150 Å². The first-order valence-corrected chi connectivity index (χ1v) is 20.2. The van der Waals surface area contributed by atoms with Crippen molar-refractivity contribution in [1.82, 2.24) is 14.1 Å². The van der Waals surface area contributed by atoms with Gasteiger partial charge in [0.15, 0.2) is 0 Å². The van der Waals surface area contributed by atoms with Crippen LogP contribution in [0.3, 0.4) is 0 Å². The lowest BCUT2D eigenvalue weighted by Crippen LogP contribution is -2.37. The Morgan fingerprint density at radius 1 is 0.526 bits per heavy atom. The van der Waals surface area contributed by atoms with E-state index in [1.165, 1.54) is 33.3 Å². The average Bonchev–Trinajstić information content (AvgIpc) is 3.69. The van der Waals surface area contributed by atoms with Crippen molar-refractivity contribution in [3.63, 3.8) is 0 Å². The molecule has 0 fully saturated rings. The number of hydrogen-bond donors (Lipinski definition) is 0. The zero-order valence-corrected chi connectivity index (χ0v) is 35.7.